The van der Waals surface area contributed by atoms with E-state index in [0.717, 1.165) is 17.7 Å². The molecule has 1 aliphatic heterocycles. The topological polar surface area (TPSA) is 161 Å². The Kier molecular flexibility index (Phi) is 6.38. The van der Waals surface area contributed by atoms with E-state index in [-0.39, 0.29) is 36.2 Å². The second-order valence-corrected chi connectivity index (χ2v) is 9.72. The van der Waals surface area contributed by atoms with Crippen LogP contribution >= 0.6 is 0 Å². The third kappa shape index (κ3) is 4.64. The lowest BCUT2D eigenvalue weighted by atomic mass is 9.88. The fraction of sp³-hybridized carbons (Fsp3) is 0.318. The molecule has 13 heteroatoms. The first-order chi connectivity index (χ1) is 16.5. The van der Waals surface area contributed by atoms with Crippen LogP contribution in [0.2, 0.25) is 0 Å². The van der Waals surface area contributed by atoms with Crippen molar-refractivity contribution >= 4 is 16.0 Å². The van der Waals surface area contributed by atoms with Gasteiger partial charge in [0.05, 0.1) is 5.56 Å². The van der Waals surface area contributed by atoms with E-state index in [9.17, 15) is 27.5 Å². The highest BCUT2D eigenvalue weighted by molar-refractivity contribution is 7.89. The Morgan fingerprint density at radius 2 is 1.86 bits per heavy atom. The zero-order valence-corrected chi connectivity index (χ0v) is 19.7. The summed E-state index contributed by atoms with van der Waals surface area (Å²) in [6.07, 6.45) is 0. The SMILES string of the molecule is Cc1ccc(F)c([C@@H](C)[C@H](NS(=O)(=O)c2cc3c(cc2C(=O)O)OCCO3)c2n[nH]c(=O)o2)c1C. The molecule has 2 heterocycles. The maximum Gasteiger partial charge on any atom is 0.434 e. The molecule has 3 aromatic rings. The Bertz CT molecular complexity index is 1460. The minimum Gasteiger partial charge on any atom is -0.486 e. The summed E-state index contributed by atoms with van der Waals surface area (Å²) in [6, 6.07) is 3.57. The number of rotatable bonds is 7. The maximum absolute atomic E-state index is 14.9. The number of sulfonamides is 1. The molecule has 11 nitrogen and oxygen atoms in total. The molecule has 0 bridgehead atoms. The predicted octanol–water partition coefficient (Wildman–Crippen LogP) is 2.41. The van der Waals surface area contributed by atoms with E-state index < -0.39 is 50.0 Å². The van der Waals surface area contributed by atoms with Gasteiger partial charge in [-0.25, -0.2) is 27.5 Å². The highest BCUT2D eigenvalue weighted by atomic mass is 32.2. The molecule has 1 aliphatic rings. The Hall–Kier alpha value is -3.71. The zero-order chi connectivity index (χ0) is 25.5. The number of benzene rings is 2. The number of halogens is 1. The largest absolute Gasteiger partial charge is 0.486 e. The summed E-state index contributed by atoms with van der Waals surface area (Å²) in [6.45, 7) is 5.31. The Morgan fingerprint density at radius 1 is 1.20 bits per heavy atom. The number of aromatic amines is 1. The maximum atomic E-state index is 14.9. The Labute approximate surface area is 198 Å². The summed E-state index contributed by atoms with van der Waals surface area (Å²) in [4.78, 5) is 22.9. The third-order valence-corrected chi connectivity index (χ3v) is 7.34. The average molecular weight is 507 g/mol. The molecule has 0 radical (unpaired) electrons. The number of fused-ring (bicyclic) bond motifs is 1. The number of hydrogen-bond acceptors (Lipinski definition) is 8. The van der Waals surface area contributed by atoms with E-state index in [2.05, 4.69) is 14.9 Å². The minimum atomic E-state index is -4.60. The number of carboxylic acid groups (broad SMARTS) is 1. The predicted molar refractivity (Wildman–Crippen MR) is 119 cm³/mol. The van der Waals surface area contributed by atoms with Gasteiger partial charge in [0.1, 0.15) is 30.0 Å². The molecule has 3 N–H and O–H groups in total. The number of aromatic carboxylic acids is 1. The molecule has 0 unspecified atom stereocenters. The fourth-order valence-electron chi connectivity index (χ4n) is 3.96. The van der Waals surface area contributed by atoms with Gasteiger partial charge in [0.25, 0.3) is 0 Å². The van der Waals surface area contributed by atoms with E-state index >= 15 is 0 Å². The normalized spacial score (nSPS) is 15.0. The molecule has 0 fully saturated rings. The molecule has 0 spiro atoms. The van der Waals surface area contributed by atoms with Crippen LogP contribution in [0, 0.1) is 19.7 Å². The van der Waals surface area contributed by atoms with Gasteiger partial charge in [-0.3, -0.25) is 0 Å². The quantitative estimate of drug-likeness (QED) is 0.436. The van der Waals surface area contributed by atoms with Crippen LogP contribution in [0.1, 0.15) is 51.8 Å². The van der Waals surface area contributed by atoms with Gasteiger partial charge in [0.15, 0.2) is 11.5 Å². The second kappa shape index (κ2) is 9.15. The third-order valence-electron chi connectivity index (χ3n) is 5.85. The molecule has 0 aliphatic carbocycles. The van der Waals surface area contributed by atoms with E-state index in [1.807, 2.05) is 0 Å². The molecule has 0 amide bonds. The summed E-state index contributed by atoms with van der Waals surface area (Å²) >= 11 is 0. The van der Waals surface area contributed by atoms with Crippen molar-refractivity contribution in [3.63, 3.8) is 0 Å². The summed E-state index contributed by atoms with van der Waals surface area (Å²) in [5.41, 5.74) is 0.960. The van der Waals surface area contributed by atoms with Crippen molar-refractivity contribution in [2.45, 2.75) is 37.6 Å². The number of carbonyl (C=O) groups is 1. The molecule has 0 saturated carbocycles. The van der Waals surface area contributed by atoms with Crippen LogP contribution in [-0.4, -0.2) is 42.9 Å². The van der Waals surface area contributed by atoms with Gasteiger partial charge in [-0.1, -0.05) is 13.0 Å². The summed E-state index contributed by atoms with van der Waals surface area (Å²) in [7, 11) is -4.60. The van der Waals surface area contributed by atoms with Gasteiger partial charge in [-0.05, 0) is 42.7 Å². The molecular weight excluding hydrogens is 485 g/mol. The molecule has 0 saturated heterocycles. The number of carboxylic acids is 1. The van der Waals surface area contributed by atoms with Crippen molar-refractivity contribution in [2.75, 3.05) is 13.2 Å². The number of H-pyrrole nitrogens is 1. The van der Waals surface area contributed by atoms with Gasteiger partial charge < -0.3 is 19.0 Å². The van der Waals surface area contributed by atoms with Gasteiger partial charge in [0.2, 0.25) is 15.9 Å². The number of hydrogen-bond donors (Lipinski definition) is 3. The average Bonchev–Trinajstić information content (AvgIpc) is 3.25. The van der Waals surface area contributed by atoms with Crippen molar-refractivity contribution < 1.29 is 36.6 Å². The Balaban J connectivity index is 1.83. The molecule has 35 heavy (non-hydrogen) atoms. The van der Waals surface area contributed by atoms with Gasteiger partial charge in [0, 0.05) is 12.0 Å². The number of aromatic nitrogens is 2. The summed E-state index contributed by atoms with van der Waals surface area (Å²) in [5, 5.41) is 15.5. The summed E-state index contributed by atoms with van der Waals surface area (Å²) in [5.74, 6) is -4.16. The first-order valence-electron chi connectivity index (χ1n) is 10.5. The van der Waals surface area contributed by atoms with Crippen LogP contribution in [0.5, 0.6) is 11.5 Å². The van der Waals surface area contributed by atoms with Crippen LogP contribution in [-0.2, 0) is 10.0 Å². The van der Waals surface area contributed by atoms with Crippen LogP contribution in [0.15, 0.2) is 38.4 Å². The molecule has 2 aromatic carbocycles. The number of nitrogens with one attached hydrogen (secondary N) is 2. The molecule has 186 valence electrons. The van der Waals surface area contributed by atoms with Gasteiger partial charge in [-0.2, -0.15) is 4.72 Å². The number of aryl methyl sites for hydroxylation is 1. The first kappa shape index (κ1) is 24.4. The van der Waals surface area contributed by atoms with E-state index in [0.29, 0.717) is 5.56 Å². The lowest BCUT2D eigenvalue weighted by molar-refractivity contribution is 0.0691. The van der Waals surface area contributed by atoms with Crippen molar-refractivity contribution in [1.82, 2.24) is 14.9 Å². The zero-order valence-electron chi connectivity index (χ0n) is 18.9. The number of ether oxygens (including phenoxy) is 2. The highest BCUT2D eigenvalue weighted by Crippen LogP contribution is 2.38. The van der Waals surface area contributed by atoms with Crippen molar-refractivity contribution in [2.24, 2.45) is 0 Å². The molecular formula is C22H22FN3O8S. The lowest BCUT2D eigenvalue weighted by Gasteiger charge is -2.26. The van der Waals surface area contributed by atoms with E-state index in [1.54, 1.807) is 19.9 Å². The van der Waals surface area contributed by atoms with Crippen LogP contribution in [0.3, 0.4) is 0 Å². The smallest absolute Gasteiger partial charge is 0.434 e. The Morgan fingerprint density at radius 3 is 2.46 bits per heavy atom. The van der Waals surface area contributed by atoms with E-state index in [1.165, 1.54) is 13.0 Å². The van der Waals surface area contributed by atoms with Gasteiger partial charge in [-0.15, -0.1) is 5.10 Å². The van der Waals surface area contributed by atoms with Crippen molar-refractivity contribution in [1.29, 1.82) is 0 Å². The second-order valence-electron chi connectivity index (χ2n) is 8.04. The van der Waals surface area contributed by atoms with Crippen LogP contribution < -0.4 is 20.0 Å². The fourth-order valence-corrected chi connectivity index (χ4v) is 5.43. The van der Waals surface area contributed by atoms with Crippen LogP contribution in [0.4, 0.5) is 4.39 Å². The van der Waals surface area contributed by atoms with Crippen LogP contribution in [0.25, 0.3) is 0 Å². The lowest BCUT2D eigenvalue weighted by Crippen LogP contribution is -2.34. The molecule has 4 rings (SSSR count). The minimum absolute atomic E-state index is 0.0538. The van der Waals surface area contributed by atoms with Gasteiger partial charge >= 0.3 is 11.7 Å². The molecule has 1 aromatic heterocycles. The summed E-state index contributed by atoms with van der Waals surface area (Å²) < 4.78 is 60.0. The van der Waals surface area contributed by atoms with Crippen molar-refractivity contribution in [3.05, 3.63) is 68.8 Å². The highest BCUT2D eigenvalue weighted by Gasteiger charge is 2.36. The number of nitrogens with zero attached hydrogens (tertiary/aromatic N) is 1. The first-order valence-corrected chi connectivity index (χ1v) is 12.0. The van der Waals surface area contributed by atoms with E-state index in [4.69, 9.17) is 13.9 Å². The van der Waals surface area contributed by atoms with Crippen molar-refractivity contribution in [3.8, 4) is 11.5 Å². The molecule has 2 atom stereocenters. The monoisotopic (exact) mass is 507 g/mol. The standard InChI is InChI=1S/C22H22FN3O8S/c1-10-4-5-14(23)18(11(10)2)12(3)19(20-24-25-22(29)34-20)26-35(30,31)17-9-16-15(32-6-7-33-16)8-13(17)21(27)28/h4-5,8-9,12,19,26H,6-7H2,1-3H3,(H,25,29)(H,27,28)/t12-,19+/m1/s1.